The van der Waals surface area contributed by atoms with E-state index in [4.69, 9.17) is 0 Å². The highest BCUT2D eigenvalue weighted by molar-refractivity contribution is 7.92. The Labute approximate surface area is 201 Å². The topological polar surface area (TPSA) is 117 Å². The zero-order chi connectivity index (χ0) is 25.6. The first-order chi connectivity index (χ1) is 17.1. The van der Waals surface area contributed by atoms with E-state index in [1.807, 2.05) is 4.72 Å². The number of carbonyl (C=O) groups is 1. The molecular weight excluding hydrogens is 502 g/mol. The summed E-state index contributed by atoms with van der Waals surface area (Å²) in [5.41, 5.74) is -1.68. The van der Waals surface area contributed by atoms with E-state index in [9.17, 15) is 26.4 Å². The zero-order valence-corrected chi connectivity index (χ0v) is 19.1. The molecule has 13 heteroatoms. The third-order valence-electron chi connectivity index (χ3n) is 5.68. The summed E-state index contributed by atoms with van der Waals surface area (Å²) < 4.78 is 84.0. The fourth-order valence-corrected chi connectivity index (χ4v) is 4.80. The Morgan fingerprint density at radius 3 is 2.47 bits per heavy atom. The third-order valence-corrected chi connectivity index (χ3v) is 7.02. The highest BCUT2D eigenvalue weighted by Crippen LogP contribution is 2.32. The molecule has 2 aromatic carbocycles. The lowest BCUT2D eigenvalue weighted by Gasteiger charge is -2.12. The van der Waals surface area contributed by atoms with Crippen LogP contribution in [0.4, 0.5) is 29.1 Å². The van der Waals surface area contributed by atoms with Crippen LogP contribution in [0.2, 0.25) is 0 Å². The maximum absolute atomic E-state index is 15.4. The van der Waals surface area contributed by atoms with Crippen LogP contribution < -0.4 is 10.0 Å². The number of hydrogen-bond acceptors (Lipinski definition) is 6. The maximum atomic E-state index is 15.4. The molecule has 1 aliphatic rings. The summed E-state index contributed by atoms with van der Waals surface area (Å²) in [6.45, 7) is 0.603. The van der Waals surface area contributed by atoms with Gasteiger partial charge in [-0.2, -0.15) is 0 Å². The molecule has 0 spiro atoms. The molecule has 2 heterocycles. The van der Waals surface area contributed by atoms with E-state index >= 15 is 4.39 Å². The molecule has 1 aliphatic carbocycles. The van der Waals surface area contributed by atoms with Crippen LogP contribution >= 0.6 is 0 Å². The number of anilines is 2. The summed E-state index contributed by atoms with van der Waals surface area (Å²) in [4.78, 5) is 23.4. The van der Waals surface area contributed by atoms with Gasteiger partial charge in [0.05, 0.1) is 27.1 Å². The predicted molar refractivity (Wildman–Crippen MR) is 122 cm³/mol. The van der Waals surface area contributed by atoms with Crippen molar-refractivity contribution in [2.24, 2.45) is 5.92 Å². The van der Waals surface area contributed by atoms with Crippen LogP contribution in [0.25, 0.3) is 11.0 Å². The minimum absolute atomic E-state index is 0.131. The number of nitrogens with zero attached hydrogens (tertiary/aromatic N) is 2. The van der Waals surface area contributed by atoms with Crippen molar-refractivity contribution in [3.8, 4) is 0 Å². The van der Waals surface area contributed by atoms with Crippen molar-refractivity contribution in [1.82, 2.24) is 15.0 Å². The smallest absolute Gasteiger partial charge is 0.262 e. The van der Waals surface area contributed by atoms with Gasteiger partial charge in [-0.1, -0.05) is 0 Å². The van der Waals surface area contributed by atoms with Gasteiger partial charge in [0.15, 0.2) is 5.82 Å². The van der Waals surface area contributed by atoms with Crippen LogP contribution in [0.1, 0.15) is 28.8 Å². The van der Waals surface area contributed by atoms with Crippen molar-refractivity contribution < 1.29 is 30.8 Å². The summed E-state index contributed by atoms with van der Waals surface area (Å²) in [5.74, 6) is -5.38. The van der Waals surface area contributed by atoms with Gasteiger partial charge in [-0.3, -0.25) is 9.52 Å². The minimum atomic E-state index is -4.68. The van der Waals surface area contributed by atoms with Crippen molar-refractivity contribution in [2.45, 2.75) is 17.7 Å². The Kier molecular flexibility index (Phi) is 5.86. The number of H-pyrrole nitrogens is 1. The van der Waals surface area contributed by atoms with Gasteiger partial charge in [-0.05, 0) is 43.0 Å². The molecule has 0 amide bonds. The largest absolute Gasteiger partial charge is 0.369 e. The number of benzene rings is 2. The van der Waals surface area contributed by atoms with Gasteiger partial charge < -0.3 is 10.3 Å². The van der Waals surface area contributed by atoms with Gasteiger partial charge in [0.1, 0.15) is 35.2 Å². The van der Waals surface area contributed by atoms with E-state index in [1.165, 1.54) is 12.5 Å². The molecule has 0 bridgehead atoms. The molecule has 36 heavy (non-hydrogen) atoms. The lowest BCUT2D eigenvalue weighted by molar-refractivity contribution is 0.103. The van der Waals surface area contributed by atoms with Crippen molar-refractivity contribution in [2.75, 3.05) is 16.6 Å². The van der Waals surface area contributed by atoms with E-state index in [-0.39, 0.29) is 16.6 Å². The van der Waals surface area contributed by atoms with Crippen molar-refractivity contribution in [3.05, 3.63) is 77.3 Å². The lowest BCUT2D eigenvalue weighted by Crippen LogP contribution is -2.17. The number of carbonyl (C=O) groups excluding carboxylic acids is 1. The molecular formula is C23H17F4N5O3S. The van der Waals surface area contributed by atoms with Crippen LogP contribution in [0.15, 0.2) is 47.8 Å². The zero-order valence-electron chi connectivity index (χ0n) is 18.3. The third kappa shape index (κ3) is 4.49. The van der Waals surface area contributed by atoms with Crippen molar-refractivity contribution in [3.63, 3.8) is 0 Å². The molecule has 0 atom stereocenters. The molecule has 186 valence electrons. The van der Waals surface area contributed by atoms with Crippen LogP contribution in [0, 0.1) is 29.2 Å². The first-order valence-corrected chi connectivity index (χ1v) is 12.2. The van der Waals surface area contributed by atoms with Gasteiger partial charge in [0.2, 0.25) is 5.78 Å². The van der Waals surface area contributed by atoms with Crippen LogP contribution in [0.3, 0.4) is 0 Å². The Balaban J connectivity index is 1.53. The molecule has 5 rings (SSSR count). The number of sulfonamides is 1. The summed E-state index contributed by atoms with van der Waals surface area (Å²) in [7, 11) is -4.68. The normalized spacial score (nSPS) is 13.7. The van der Waals surface area contributed by atoms with Gasteiger partial charge in [0, 0.05) is 18.8 Å². The number of aromatic amines is 1. The monoisotopic (exact) mass is 519 g/mol. The fraction of sp³-hybridized carbons (Fsp3) is 0.174. The number of rotatable bonds is 8. The molecule has 0 radical (unpaired) electrons. The number of nitrogens with one attached hydrogen (secondary N) is 3. The van der Waals surface area contributed by atoms with E-state index < -0.39 is 55.2 Å². The predicted octanol–water partition coefficient (Wildman–Crippen LogP) is 4.37. The van der Waals surface area contributed by atoms with Crippen molar-refractivity contribution in [1.29, 1.82) is 0 Å². The summed E-state index contributed by atoms with van der Waals surface area (Å²) in [6.07, 6.45) is 4.62. The second-order valence-corrected chi connectivity index (χ2v) is 9.98. The Morgan fingerprint density at radius 2 is 1.78 bits per heavy atom. The molecule has 4 aromatic rings. The summed E-state index contributed by atoms with van der Waals surface area (Å²) in [5, 5.41) is 3.34. The number of halogens is 4. The first-order valence-electron chi connectivity index (χ1n) is 10.7. The highest BCUT2D eigenvalue weighted by atomic mass is 32.2. The molecule has 2 aromatic heterocycles. The highest BCUT2D eigenvalue weighted by Gasteiger charge is 2.28. The van der Waals surface area contributed by atoms with Crippen molar-refractivity contribution >= 4 is 38.3 Å². The summed E-state index contributed by atoms with van der Waals surface area (Å²) in [6, 6.07) is 2.99. The molecule has 1 fully saturated rings. The van der Waals surface area contributed by atoms with E-state index in [0.717, 1.165) is 18.9 Å². The summed E-state index contributed by atoms with van der Waals surface area (Å²) >= 11 is 0. The van der Waals surface area contributed by atoms with Crippen LogP contribution in [-0.2, 0) is 10.0 Å². The molecule has 3 N–H and O–H groups in total. The maximum Gasteiger partial charge on any atom is 0.262 e. The quantitative estimate of drug-likeness (QED) is 0.235. The van der Waals surface area contributed by atoms with Crippen LogP contribution in [-0.4, -0.2) is 35.7 Å². The molecule has 0 unspecified atom stereocenters. The average Bonchev–Trinajstić information content (AvgIpc) is 3.55. The lowest BCUT2D eigenvalue weighted by atomic mass is 10.0. The van der Waals surface area contributed by atoms with Gasteiger partial charge in [0.25, 0.3) is 10.0 Å². The second kappa shape index (κ2) is 8.90. The molecule has 1 saturated carbocycles. The van der Waals surface area contributed by atoms with E-state index in [0.29, 0.717) is 42.5 Å². The van der Waals surface area contributed by atoms with E-state index in [2.05, 4.69) is 20.3 Å². The SMILES string of the molecule is O=C(c1c(F)ccc(NS(=O)(=O)c2cc(F)cc(F)c2)c1F)c1c[nH]c2ncnc(NCC3CC3)c12. The number of aromatic nitrogens is 3. The Morgan fingerprint density at radius 1 is 1.06 bits per heavy atom. The fourth-order valence-electron chi connectivity index (χ4n) is 3.70. The number of fused-ring (bicyclic) bond motifs is 1. The Bertz CT molecular complexity index is 1600. The van der Waals surface area contributed by atoms with Gasteiger partial charge >= 0.3 is 0 Å². The average molecular weight is 519 g/mol. The standard InChI is InChI=1S/C23H17F4N5O3S/c24-12-5-13(25)7-14(6-12)36(34,35)32-17-4-3-16(26)19(20(17)27)21(33)15-9-29-23-18(15)22(30-10-31-23)28-8-11-1-2-11/h3-7,9-11,32H,1-2,8H2,(H2,28,29,30,31). The minimum Gasteiger partial charge on any atom is -0.369 e. The molecule has 0 aliphatic heterocycles. The first kappa shape index (κ1) is 23.7. The molecule has 8 nitrogen and oxygen atoms in total. The van der Waals surface area contributed by atoms with Gasteiger partial charge in [-0.15, -0.1) is 0 Å². The number of hydrogen-bond donors (Lipinski definition) is 3. The number of ketones is 1. The van der Waals surface area contributed by atoms with Gasteiger partial charge in [-0.25, -0.2) is 35.9 Å². The Hall–Kier alpha value is -4.00. The molecule has 0 saturated heterocycles. The van der Waals surface area contributed by atoms with E-state index in [1.54, 1.807) is 0 Å². The van der Waals surface area contributed by atoms with Crippen LogP contribution in [0.5, 0.6) is 0 Å². The second-order valence-electron chi connectivity index (χ2n) is 8.30.